The van der Waals surface area contributed by atoms with E-state index < -0.39 is 6.16 Å². The fraction of sp³-hybridized carbons (Fsp3) is 0. The summed E-state index contributed by atoms with van der Waals surface area (Å²) in [6, 6.07) is 0. The second-order valence-electron chi connectivity index (χ2n) is 0.283. The van der Waals surface area contributed by atoms with Crippen molar-refractivity contribution >= 4 is 14.8 Å². The Morgan fingerprint density at radius 2 is 1.43 bits per heavy atom. The van der Waals surface area contributed by atoms with Crippen LogP contribution in [0.3, 0.4) is 0 Å². The van der Waals surface area contributed by atoms with Crippen molar-refractivity contribution in [3.05, 3.63) is 0 Å². The zero-order chi connectivity index (χ0) is 5.58. The minimum absolute atomic E-state index is 0. The van der Waals surface area contributed by atoms with Gasteiger partial charge >= 0.3 is 38.5 Å². The topological polar surface area (TPSA) is 57.5 Å². The SMILES string of the molecule is O=C(O)O.[Cd].[S]=[Cd]. The number of rotatable bonds is 0. The van der Waals surface area contributed by atoms with Crippen LogP contribution in [-0.4, -0.2) is 16.4 Å². The van der Waals surface area contributed by atoms with E-state index in [0.717, 1.165) is 23.7 Å². The van der Waals surface area contributed by atoms with Crippen LogP contribution in [0.25, 0.3) is 0 Å². The third-order valence-corrected chi connectivity index (χ3v) is 0. The van der Waals surface area contributed by atoms with Crippen molar-refractivity contribution in [3.63, 3.8) is 0 Å². The van der Waals surface area contributed by atoms with Gasteiger partial charge in [0, 0.05) is 27.3 Å². The summed E-state index contributed by atoms with van der Waals surface area (Å²) in [4.78, 5) is 8.56. The number of hydrogen-bond acceptors (Lipinski definition) is 2. The zero-order valence-corrected chi connectivity index (χ0v) is 12.5. The van der Waals surface area contributed by atoms with Crippen molar-refractivity contribution in [1.82, 2.24) is 0 Å². The van der Waals surface area contributed by atoms with E-state index >= 15 is 0 Å². The van der Waals surface area contributed by atoms with E-state index in [9.17, 15) is 0 Å². The second kappa shape index (κ2) is 15.7. The van der Waals surface area contributed by atoms with E-state index in [2.05, 4.69) is 8.65 Å². The molecule has 2 N–H and O–H groups in total. The first kappa shape index (κ1) is 15.8. The van der Waals surface area contributed by atoms with Crippen LogP contribution in [0.1, 0.15) is 0 Å². The molecule has 0 radical (unpaired) electrons. The van der Waals surface area contributed by atoms with Crippen LogP contribution in [0, 0.1) is 0 Å². The van der Waals surface area contributed by atoms with Crippen LogP contribution >= 0.6 is 8.65 Å². The van der Waals surface area contributed by atoms with Crippen molar-refractivity contribution < 1.29 is 66.0 Å². The summed E-state index contributed by atoms with van der Waals surface area (Å²) in [5, 5.41) is 13.9. The maximum absolute atomic E-state index is 8.56. The summed E-state index contributed by atoms with van der Waals surface area (Å²) >= 11 is 0.733. The fourth-order valence-corrected chi connectivity index (χ4v) is 0. The van der Waals surface area contributed by atoms with Crippen molar-refractivity contribution in [2.45, 2.75) is 0 Å². The maximum atomic E-state index is 8.56. The first-order valence-corrected chi connectivity index (χ1v) is 6.46. The average molecular weight is 319 g/mol. The Bertz CT molecular complexity index is 44.2. The van der Waals surface area contributed by atoms with E-state index in [4.69, 9.17) is 15.0 Å². The van der Waals surface area contributed by atoms with E-state index in [0.29, 0.717) is 0 Å². The molecular weight excluding hydrogens is 317 g/mol. The molecule has 0 aromatic carbocycles. The Kier molecular flexibility index (Phi) is 35.3. The Hall–Kier alpha value is 1.33. The van der Waals surface area contributed by atoms with E-state index in [1.807, 2.05) is 0 Å². The van der Waals surface area contributed by atoms with Gasteiger partial charge in [-0.05, 0) is 0 Å². The minimum atomic E-state index is -1.83. The Balaban J connectivity index is -0.0000000480. The van der Waals surface area contributed by atoms with Crippen LogP contribution in [0.5, 0.6) is 0 Å². The average Bonchev–Trinajstić information content (AvgIpc) is 1.41. The molecule has 0 heterocycles. The summed E-state index contributed by atoms with van der Waals surface area (Å²) in [5.74, 6) is 0. The van der Waals surface area contributed by atoms with Crippen LogP contribution in [0.15, 0.2) is 0 Å². The third kappa shape index (κ3) is 117. The number of carboxylic acid groups (broad SMARTS) is 2. The predicted octanol–water partition coefficient (Wildman–Crippen LogP) is 0.866. The van der Waals surface area contributed by atoms with Crippen LogP contribution in [-0.2, 0) is 51.0 Å². The molecule has 0 fully saturated rings. The van der Waals surface area contributed by atoms with Gasteiger partial charge in [0.15, 0.2) is 0 Å². The molecule has 0 aliphatic heterocycles. The molecule has 6 heteroatoms. The summed E-state index contributed by atoms with van der Waals surface area (Å²) in [6.45, 7) is 0. The molecule has 7 heavy (non-hydrogen) atoms. The van der Waals surface area contributed by atoms with Gasteiger partial charge in [-0.3, -0.25) is 0 Å². The van der Waals surface area contributed by atoms with Gasteiger partial charge in [0.1, 0.15) is 0 Å². The van der Waals surface area contributed by atoms with Gasteiger partial charge in [-0.2, -0.15) is 0 Å². The molecule has 0 aliphatic carbocycles. The molecule has 34 valence electrons. The molecule has 0 atom stereocenters. The van der Waals surface area contributed by atoms with Gasteiger partial charge in [0.05, 0.1) is 0 Å². The standard InChI is InChI=1S/CH2O3.2Cd.S/c2-1(3)4;;;/h(H2,2,3,4);;;. The molecule has 3 nitrogen and oxygen atoms in total. The van der Waals surface area contributed by atoms with E-state index in [1.54, 1.807) is 0 Å². The fourth-order valence-electron chi connectivity index (χ4n) is 0. The van der Waals surface area contributed by atoms with Gasteiger partial charge in [0.2, 0.25) is 0 Å². The summed E-state index contributed by atoms with van der Waals surface area (Å²) in [6.07, 6.45) is -1.83. The molecule has 0 aromatic rings. The van der Waals surface area contributed by atoms with Crippen molar-refractivity contribution in [2.24, 2.45) is 0 Å². The van der Waals surface area contributed by atoms with Gasteiger partial charge in [-0.1, -0.05) is 0 Å². The number of hydrogen-bond donors (Lipinski definition) is 2. The molecule has 0 spiro atoms. The zero-order valence-electron chi connectivity index (χ0n) is 3.63. The summed E-state index contributed by atoms with van der Waals surface area (Å²) < 4.78 is 0. The quantitative estimate of drug-likeness (QED) is 0.651. The van der Waals surface area contributed by atoms with E-state index in [-0.39, 0.29) is 27.3 Å². The van der Waals surface area contributed by atoms with E-state index in [1.165, 1.54) is 0 Å². The molecule has 0 amide bonds. The van der Waals surface area contributed by atoms with Crippen LogP contribution < -0.4 is 0 Å². The molecule has 0 bridgehead atoms. The first-order chi connectivity index (χ1) is 2.73. The molecule has 0 aromatic heterocycles. The normalized spacial score (nSPS) is 4.29. The van der Waals surface area contributed by atoms with Crippen molar-refractivity contribution in [1.29, 1.82) is 0 Å². The van der Waals surface area contributed by atoms with Crippen LogP contribution in [0.2, 0.25) is 0 Å². The Labute approximate surface area is 79.8 Å². The molecule has 0 aliphatic rings. The summed E-state index contributed by atoms with van der Waals surface area (Å²) in [5.41, 5.74) is 0. The van der Waals surface area contributed by atoms with Crippen LogP contribution in [0.4, 0.5) is 4.79 Å². The first-order valence-electron chi connectivity index (χ1n) is 0.940. The van der Waals surface area contributed by atoms with Gasteiger partial charge in [-0.25, -0.2) is 4.79 Å². The monoisotopic (exact) mass is 322 g/mol. The summed E-state index contributed by atoms with van der Waals surface area (Å²) in [7, 11) is 4.25. The Morgan fingerprint density at radius 1 is 1.43 bits per heavy atom. The molecule has 0 saturated heterocycles. The second-order valence-corrected chi connectivity index (χ2v) is 0.283. The molecule has 0 unspecified atom stereocenters. The third-order valence-electron chi connectivity index (χ3n) is 0. The molecular formula is CH2Cd2O3S. The van der Waals surface area contributed by atoms with Gasteiger partial charge in [-0.15, -0.1) is 0 Å². The molecule has 0 rings (SSSR count). The van der Waals surface area contributed by atoms with Gasteiger partial charge in [0.25, 0.3) is 0 Å². The van der Waals surface area contributed by atoms with Crippen molar-refractivity contribution in [3.8, 4) is 0 Å². The Morgan fingerprint density at radius 3 is 1.43 bits per heavy atom. The van der Waals surface area contributed by atoms with Crippen molar-refractivity contribution in [2.75, 3.05) is 0 Å². The molecule has 0 saturated carbocycles. The van der Waals surface area contributed by atoms with Gasteiger partial charge < -0.3 is 10.2 Å². The predicted molar refractivity (Wildman–Crippen MR) is 18.2 cm³/mol. The number of carbonyl (C=O) groups is 1.